The highest BCUT2D eigenvalue weighted by Gasteiger charge is 2.53. The Kier molecular flexibility index (Phi) is 22.9. The number of aliphatic hydroxyl groups is 4. The molecule has 2 bridgehead atoms. The second-order valence-electron chi connectivity index (χ2n) is 20.7. The van der Waals surface area contributed by atoms with Gasteiger partial charge in [-0.25, -0.2) is 17.9 Å². The molecule has 17 heteroatoms. The van der Waals surface area contributed by atoms with E-state index in [0.717, 1.165) is 6.42 Å². The predicted molar refractivity (Wildman–Crippen MR) is 262 cm³/mol. The number of ketones is 2. The van der Waals surface area contributed by atoms with Gasteiger partial charge >= 0.3 is 5.97 Å². The Morgan fingerprint density at radius 2 is 1.59 bits per heavy atom. The average molecular weight is 993 g/mol. The summed E-state index contributed by atoms with van der Waals surface area (Å²) in [6, 6.07) is -1.98. The third-order valence-electron chi connectivity index (χ3n) is 15.0. The van der Waals surface area contributed by atoms with Gasteiger partial charge < -0.3 is 44.3 Å². The van der Waals surface area contributed by atoms with Crippen LogP contribution in [-0.4, -0.2) is 145 Å². The summed E-state index contributed by atoms with van der Waals surface area (Å²) in [5, 5.41) is 43.5. The van der Waals surface area contributed by atoms with Gasteiger partial charge in [-0.2, -0.15) is 0 Å². The Labute approximate surface area is 411 Å². The van der Waals surface area contributed by atoms with Crippen molar-refractivity contribution in [2.24, 2.45) is 35.5 Å². The number of aliphatic hydroxyl groups excluding tert-OH is 3. The molecule has 3 aliphatic heterocycles. The average Bonchev–Trinajstić information content (AvgIpc) is 3.30. The summed E-state index contributed by atoms with van der Waals surface area (Å²) in [5.74, 6) is -7.62. The van der Waals surface area contributed by atoms with Crippen LogP contribution in [0, 0.1) is 35.5 Å². The molecule has 0 radical (unpaired) electrons. The highest BCUT2D eigenvalue weighted by atomic mass is 32.2. The summed E-state index contributed by atoms with van der Waals surface area (Å²) in [4.78, 5) is 58.1. The fourth-order valence-electron chi connectivity index (χ4n) is 10.6. The molecule has 16 nitrogen and oxygen atoms in total. The van der Waals surface area contributed by atoms with Crippen molar-refractivity contribution in [3.8, 4) is 0 Å². The topological polar surface area (TPSA) is 236 Å². The number of esters is 1. The van der Waals surface area contributed by atoms with E-state index in [-0.39, 0.29) is 61.4 Å². The standard InChI is InChI=1S/C52H84N2O14S/c1-32-15-11-10-12-16-34(3)41(53-69(63,64)26-25-55)31-40-21-19-38(7)52(62,68-40)49(59)50(60)54-24-14-13-17-42(54)51(61)67-44(35(4)29-39-20-22-43(56)45(30-39)65-8)23-18-33(2)28-37(6)47(58)48(66-9)46(57)36(5)27-32/h10-12,15-16,28,32-33,35-36,38-45,47-48,53,55-56,58,62H,13-14,17-27,29-31H2,1-9H3/b12-10+,15-11+,34-16+,37-28+/t32-,33+,35?,36-,38-,39+,40+,41-,42+,43-,44+,45-,47-,48+,52-/m1/s1. The smallest absolute Gasteiger partial charge is 0.329 e. The third-order valence-corrected chi connectivity index (χ3v) is 16.3. The molecule has 4 aliphatic rings. The van der Waals surface area contributed by atoms with E-state index in [1.165, 1.54) is 12.0 Å². The van der Waals surface area contributed by atoms with Crippen LogP contribution in [-0.2, 0) is 48.1 Å². The van der Waals surface area contributed by atoms with E-state index < -0.39 is 100 Å². The van der Waals surface area contributed by atoms with E-state index >= 15 is 0 Å². The summed E-state index contributed by atoms with van der Waals surface area (Å²) in [6.45, 7) is 12.4. The fourth-order valence-corrected chi connectivity index (χ4v) is 11.7. The van der Waals surface area contributed by atoms with Crippen molar-refractivity contribution < 1.29 is 67.0 Å². The molecule has 1 aliphatic carbocycles. The molecule has 5 N–H and O–H groups in total. The van der Waals surface area contributed by atoms with E-state index in [1.54, 1.807) is 46.1 Å². The lowest BCUT2D eigenvalue weighted by molar-refractivity contribution is -0.264. The first-order chi connectivity index (χ1) is 32.5. The maximum Gasteiger partial charge on any atom is 0.329 e. The molecule has 3 heterocycles. The van der Waals surface area contributed by atoms with Gasteiger partial charge in [0.1, 0.15) is 24.4 Å². The van der Waals surface area contributed by atoms with E-state index in [0.29, 0.717) is 68.9 Å². The first kappa shape index (κ1) is 58.4. The molecule has 0 aromatic heterocycles. The van der Waals surface area contributed by atoms with E-state index in [2.05, 4.69) is 4.72 Å². The number of hydrogen-bond acceptors (Lipinski definition) is 14. The number of hydrogen-bond donors (Lipinski definition) is 5. The molecule has 15 atom stereocenters. The Morgan fingerprint density at radius 3 is 2.28 bits per heavy atom. The summed E-state index contributed by atoms with van der Waals surface area (Å²) < 4.78 is 52.4. The first-order valence-electron chi connectivity index (χ1n) is 25.3. The quantitative estimate of drug-likeness (QED) is 0.113. The predicted octanol–water partition coefficient (Wildman–Crippen LogP) is 5.27. The number of piperidine rings is 1. The molecule has 3 fully saturated rings. The van der Waals surface area contributed by atoms with Gasteiger partial charge in [0, 0.05) is 38.6 Å². The van der Waals surface area contributed by atoms with Crippen LogP contribution >= 0.6 is 0 Å². The number of amides is 1. The molecule has 0 aromatic carbocycles. The monoisotopic (exact) mass is 993 g/mol. The maximum absolute atomic E-state index is 14.4. The van der Waals surface area contributed by atoms with Crippen LogP contribution < -0.4 is 4.72 Å². The first-order valence-corrected chi connectivity index (χ1v) is 26.9. The number of cyclic esters (lactones) is 1. The fraction of sp³-hybridized carbons (Fsp3) is 0.769. The summed E-state index contributed by atoms with van der Waals surface area (Å²) in [7, 11) is -0.980. The van der Waals surface area contributed by atoms with Crippen molar-refractivity contribution in [2.75, 3.05) is 33.1 Å². The number of carbonyl (C=O) groups is 4. The number of sulfonamides is 1. The van der Waals surface area contributed by atoms with Crippen LogP contribution in [0.25, 0.3) is 0 Å². The second kappa shape index (κ2) is 27.1. The Hall–Kier alpha value is -3.13. The number of allylic oxidation sites excluding steroid dienone is 6. The molecule has 392 valence electrons. The molecule has 1 saturated carbocycles. The van der Waals surface area contributed by atoms with Gasteiger partial charge in [0.2, 0.25) is 15.8 Å². The minimum Gasteiger partial charge on any atom is -0.461 e. The summed E-state index contributed by atoms with van der Waals surface area (Å²) in [5.41, 5.74) is 1.15. The zero-order chi connectivity index (χ0) is 51.2. The zero-order valence-corrected chi connectivity index (χ0v) is 43.4. The maximum atomic E-state index is 14.4. The minimum absolute atomic E-state index is 0.00719. The van der Waals surface area contributed by atoms with Crippen molar-refractivity contribution >= 4 is 33.5 Å². The van der Waals surface area contributed by atoms with Crippen LogP contribution in [0.4, 0.5) is 0 Å². The van der Waals surface area contributed by atoms with Crippen LogP contribution in [0.15, 0.2) is 47.6 Å². The number of fused-ring (bicyclic) bond motifs is 3. The van der Waals surface area contributed by atoms with Crippen molar-refractivity contribution in [2.45, 2.75) is 186 Å². The number of methoxy groups -OCH3 is 2. The van der Waals surface area contributed by atoms with Gasteiger partial charge in [-0.05, 0) is 127 Å². The number of rotatable bonds is 9. The number of ether oxygens (including phenoxy) is 4. The third kappa shape index (κ3) is 16.4. The molecular weight excluding hydrogens is 909 g/mol. The normalized spacial score (nSPS) is 39.0. The van der Waals surface area contributed by atoms with E-state index in [1.807, 2.05) is 45.9 Å². The lowest BCUT2D eigenvalue weighted by atomic mass is 9.78. The Bertz CT molecular complexity index is 1950. The number of carbonyl (C=O) groups excluding carboxylic acids is 4. The van der Waals surface area contributed by atoms with Crippen molar-refractivity contribution in [1.82, 2.24) is 9.62 Å². The van der Waals surface area contributed by atoms with Crippen molar-refractivity contribution in [1.29, 1.82) is 0 Å². The molecule has 1 amide bonds. The van der Waals surface area contributed by atoms with Gasteiger partial charge in [-0.15, -0.1) is 0 Å². The van der Waals surface area contributed by atoms with E-state index in [9.17, 15) is 48.0 Å². The van der Waals surface area contributed by atoms with Crippen molar-refractivity contribution in [3.05, 3.63) is 47.6 Å². The largest absolute Gasteiger partial charge is 0.461 e. The minimum atomic E-state index is -3.98. The second-order valence-corrected chi connectivity index (χ2v) is 22.5. The highest BCUT2D eigenvalue weighted by molar-refractivity contribution is 7.89. The molecule has 0 spiro atoms. The summed E-state index contributed by atoms with van der Waals surface area (Å²) >= 11 is 0. The highest BCUT2D eigenvalue weighted by Crippen LogP contribution is 2.38. The van der Waals surface area contributed by atoms with Crippen LogP contribution in [0.5, 0.6) is 0 Å². The van der Waals surface area contributed by atoms with Crippen LogP contribution in [0.1, 0.15) is 132 Å². The van der Waals surface area contributed by atoms with Crippen LogP contribution in [0.3, 0.4) is 0 Å². The Balaban J connectivity index is 1.72. The number of nitrogens with one attached hydrogen (secondary N) is 1. The van der Waals surface area contributed by atoms with Gasteiger partial charge in [0.25, 0.3) is 11.7 Å². The van der Waals surface area contributed by atoms with Crippen LogP contribution in [0.2, 0.25) is 0 Å². The molecule has 2 saturated heterocycles. The van der Waals surface area contributed by atoms with Gasteiger partial charge in [0.05, 0.1) is 30.7 Å². The zero-order valence-electron chi connectivity index (χ0n) is 42.6. The molecule has 0 aromatic rings. The molecule has 1 unspecified atom stereocenters. The number of nitrogens with zero attached hydrogens (tertiary/aromatic N) is 1. The lowest BCUT2D eigenvalue weighted by Crippen LogP contribution is -2.61. The molecular formula is C52H84N2O14S. The van der Waals surface area contributed by atoms with Gasteiger partial charge in [-0.1, -0.05) is 76.6 Å². The van der Waals surface area contributed by atoms with E-state index in [4.69, 9.17) is 18.9 Å². The van der Waals surface area contributed by atoms with Gasteiger partial charge in [0.15, 0.2) is 5.78 Å². The lowest BCUT2D eigenvalue weighted by Gasteiger charge is -2.43. The molecule has 69 heavy (non-hydrogen) atoms. The summed E-state index contributed by atoms with van der Waals surface area (Å²) in [6.07, 6.45) is 12.4. The SMILES string of the molecule is CO[C@@H]1C[C@H](CC(C)[C@@H]2CC[C@H](C)/C=C(\C)[C@@H](O)[C@@H](OC)C(=O)[C@H](C)C[C@H](C)/C=C/C=C/C=C(\C)[C@H](NS(=O)(=O)CCO)C[C@@H]3CC[C@@H](C)[C@@](O)(O3)C(=O)C(=O)N3CCCC[C@H]3C(=O)O2)CC[C@H]1O. The van der Waals surface area contributed by atoms with Gasteiger partial charge in [-0.3, -0.25) is 14.4 Å². The molecule has 4 rings (SSSR count). The number of Topliss-reactive ketones (excluding diaryl/α,β-unsaturated/α-hetero) is 2. The Morgan fingerprint density at radius 1 is 0.870 bits per heavy atom. The van der Waals surface area contributed by atoms with Crippen molar-refractivity contribution in [3.63, 3.8) is 0 Å².